The normalized spacial score (nSPS) is 16.8. The zero-order chi connectivity index (χ0) is 27.0. The largest absolute Gasteiger partial charge is 0.417 e. The molecule has 0 bridgehead atoms. The summed E-state index contributed by atoms with van der Waals surface area (Å²) in [6, 6.07) is 19.1. The molecule has 2 N–H and O–H groups in total. The van der Waals surface area contributed by atoms with Gasteiger partial charge in [-0.1, -0.05) is 48.5 Å². The number of halogens is 4. The van der Waals surface area contributed by atoms with E-state index in [1.807, 2.05) is 18.2 Å². The average Bonchev–Trinajstić information content (AvgIpc) is 2.93. The highest BCUT2D eigenvalue weighted by Gasteiger charge is 2.35. The van der Waals surface area contributed by atoms with Crippen molar-refractivity contribution < 1.29 is 17.6 Å². The van der Waals surface area contributed by atoms with Crippen LogP contribution in [0.3, 0.4) is 0 Å². The number of rotatable bonds is 5. The van der Waals surface area contributed by atoms with E-state index in [9.17, 15) is 17.6 Å². The van der Waals surface area contributed by atoms with E-state index in [1.165, 1.54) is 24.3 Å². The van der Waals surface area contributed by atoms with E-state index < -0.39 is 23.6 Å². The van der Waals surface area contributed by atoms with Gasteiger partial charge in [0.05, 0.1) is 29.2 Å². The first-order valence-electron chi connectivity index (χ1n) is 12.5. The van der Waals surface area contributed by atoms with Crippen molar-refractivity contribution >= 4 is 17.7 Å². The van der Waals surface area contributed by atoms with Crippen molar-refractivity contribution in [2.75, 3.05) is 17.3 Å². The molecule has 39 heavy (non-hydrogen) atoms. The molecule has 10 heteroatoms. The van der Waals surface area contributed by atoms with Crippen LogP contribution < -0.4 is 10.7 Å². The molecular weight excluding hydrogens is 508 g/mol. The summed E-state index contributed by atoms with van der Waals surface area (Å²) in [7, 11) is 0. The van der Waals surface area contributed by atoms with Gasteiger partial charge in [-0.2, -0.15) is 18.3 Å². The van der Waals surface area contributed by atoms with Gasteiger partial charge in [-0.3, -0.25) is 10.3 Å². The van der Waals surface area contributed by atoms with Crippen LogP contribution in [0.5, 0.6) is 0 Å². The van der Waals surface area contributed by atoms with Crippen molar-refractivity contribution in [3.05, 3.63) is 107 Å². The van der Waals surface area contributed by atoms with Gasteiger partial charge in [0.25, 0.3) is 0 Å². The molecule has 1 aromatic heterocycles. The number of aromatic nitrogens is 2. The monoisotopic (exact) mass is 532 g/mol. The van der Waals surface area contributed by atoms with Crippen molar-refractivity contribution in [1.29, 1.82) is 0 Å². The van der Waals surface area contributed by atoms with Gasteiger partial charge in [-0.25, -0.2) is 14.4 Å². The lowest BCUT2D eigenvalue weighted by atomic mass is 10.0. The Bertz CT molecular complexity index is 1540. The third kappa shape index (κ3) is 5.20. The lowest BCUT2D eigenvalue weighted by molar-refractivity contribution is -0.137. The van der Waals surface area contributed by atoms with Gasteiger partial charge in [0.15, 0.2) is 5.82 Å². The van der Waals surface area contributed by atoms with Gasteiger partial charge in [0.1, 0.15) is 11.6 Å². The molecule has 3 heterocycles. The first-order chi connectivity index (χ1) is 18.8. The topological polar surface area (TPSA) is 65.4 Å². The molecule has 0 radical (unpaired) electrons. The Morgan fingerprint density at radius 3 is 2.59 bits per heavy atom. The number of hydrazone groups is 1. The maximum absolute atomic E-state index is 14.1. The SMILES string of the molecule is Fc1ccc2c(c1)C(Nc1nc(-c3ccccc3C(F)(F)F)nc3c1CN(Cc1ccccc1)CC3)C=NN2. The highest BCUT2D eigenvalue weighted by Crippen LogP contribution is 2.38. The number of hydrogen-bond acceptors (Lipinski definition) is 6. The molecule has 3 aromatic carbocycles. The molecule has 0 aliphatic carbocycles. The summed E-state index contributed by atoms with van der Waals surface area (Å²) in [4.78, 5) is 11.5. The molecule has 0 fully saturated rings. The van der Waals surface area contributed by atoms with E-state index in [4.69, 9.17) is 0 Å². The number of nitrogens with one attached hydrogen (secondary N) is 2. The number of nitrogens with zero attached hydrogens (tertiary/aromatic N) is 4. The molecule has 6 nitrogen and oxygen atoms in total. The third-order valence-electron chi connectivity index (χ3n) is 6.91. The lowest BCUT2D eigenvalue weighted by Gasteiger charge is -2.31. The Kier molecular flexibility index (Phi) is 6.48. The van der Waals surface area contributed by atoms with Crippen molar-refractivity contribution in [2.24, 2.45) is 5.10 Å². The van der Waals surface area contributed by atoms with Crippen molar-refractivity contribution in [1.82, 2.24) is 14.9 Å². The molecule has 2 aliphatic rings. The third-order valence-corrected chi connectivity index (χ3v) is 6.91. The number of fused-ring (bicyclic) bond motifs is 2. The van der Waals surface area contributed by atoms with Gasteiger partial charge in [-0.05, 0) is 29.8 Å². The second-order valence-electron chi connectivity index (χ2n) is 9.55. The highest BCUT2D eigenvalue weighted by atomic mass is 19.4. The van der Waals surface area contributed by atoms with E-state index in [1.54, 1.807) is 18.3 Å². The summed E-state index contributed by atoms with van der Waals surface area (Å²) in [5.74, 6) is -0.0134. The Balaban J connectivity index is 1.42. The van der Waals surface area contributed by atoms with Crippen LogP contribution in [0.4, 0.5) is 29.1 Å². The first-order valence-corrected chi connectivity index (χ1v) is 12.5. The Labute approximate surface area is 222 Å². The van der Waals surface area contributed by atoms with Gasteiger partial charge < -0.3 is 5.32 Å². The zero-order valence-corrected chi connectivity index (χ0v) is 20.7. The molecule has 0 saturated carbocycles. The summed E-state index contributed by atoms with van der Waals surface area (Å²) >= 11 is 0. The summed E-state index contributed by atoms with van der Waals surface area (Å²) < 4.78 is 55.8. The fraction of sp³-hybridized carbons (Fsp3) is 0.207. The maximum atomic E-state index is 14.1. The van der Waals surface area contributed by atoms with E-state index in [-0.39, 0.29) is 11.4 Å². The maximum Gasteiger partial charge on any atom is 0.417 e. The van der Waals surface area contributed by atoms with Crippen LogP contribution in [0.25, 0.3) is 11.4 Å². The fourth-order valence-corrected chi connectivity index (χ4v) is 5.03. The molecule has 1 unspecified atom stereocenters. The van der Waals surface area contributed by atoms with Gasteiger partial charge in [0, 0.05) is 42.7 Å². The Morgan fingerprint density at radius 2 is 1.77 bits per heavy atom. The Hall–Kier alpha value is -4.31. The summed E-state index contributed by atoms with van der Waals surface area (Å²) in [6.45, 7) is 1.91. The van der Waals surface area contributed by atoms with Gasteiger partial charge in [0.2, 0.25) is 0 Å². The minimum absolute atomic E-state index is 0.00831. The first kappa shape index (κ1) is 25.0. The molecular formula is C29H24F4N6. The zero-order valence-electron chi connectivity index (χ0n) is 20.7. The average molecular weight is 533 g/mol. The molecule has 0 amide bonds. The van der Waals surface area contributed by atoms with E-state index in [2.05, 4.69) is 42.8 Å². The minimum Gasteiger partial charge on any atom is -0.358 e. The lowest BCUT2D eigenvalue weighted by Crippen LogP contribution is -2.32. The highest BCUT2D eigenvalue weighted by molar-refractivity contribution is 5.80. The van der Waals surface area contributed by atoms with Crippen LogP contribution >= 0.6 is 0 Å². The van der Waals surface area contributed by atoms with Crippen LogP contribution in [0, 0.1) is 5.82 Å². The van der Waals surface area contributed by atoms with E-state index in [0.29, 0.717) is 48.8 Å². The number of benzene rings is 3. The number of alkyl halides is 3. The Morgan fingerprint density at radius 1 is 0.974 bits per heavy atom. The van der Waals surface area contributed by atoms with Crippen LogP contribution in [-0.2, 0) is 25.7 Å². The molecule has 4 aromatic rings. The van der Waals surface area contributed by atoms with E-state index >= 15 is 0 Å². The molecule has 198 valence electrons. The second kappa shape index (κ2) is 10.1. The van der Waals surface area contributed by atoms with Crippen molar-refractivity contribution in [3.63, 3.8) is 0 Å². The molecule has 2 aliphatic heterocycles. The smallest absolute Gasteiger partial charge is 0.358 e. The molecule has 0 spiro atoms. The van der Waals surface area contributed by atoms with Crippen LogP contribution in [0.15, 0.2) is 77.9 Å². The minimum atomic E-state index is -4.56. The van der Waals surface area contributed by atoms with Crippen LogP contribution in [0.1, 0.15) is 34.0 Å². The van der Waals surface area contributed by atoms with Crippen molar-refractivity contribution in [3.8, 4) is 11.4 Å². The van der Waals surface area contributed by atoms with Crippen LogP contribution in [-0.4, -0.2) is 27.6 Å². The number of hydrogen-bond donors (Lipinski definition) is 2. The predicted molar refractivity (Wildman–Crippen MR) is 142 cm³/mol. The molecule has 6 rings (SSSR count). The predicted octanol–water partition coefficient (Wildman–Crippen LogP) is 6.42. The second-order valence-corrected chi connectivity index (χ2v) is 9.55. The summed E-state index contributed by atoms with van der Waals surface area (Å²) in [5.41, 5.74) is 5.87. The summed E-state index contributed by atoms with van der Waals surface area (Å²) in [5, 5.41) is 7.50. The van der Waals surface area contributed by atoms with Crippen molar-refractivity contribution in [2.45, 2.75) is 31.7 Å². The molecule has 0 saturated heterocycles. The van der Waals surface area contributed by atoms with E-state index in [0.717, 1.165) is 17.2 Å². The number of anilines is 2. The fourth-order valence-electron chi connectivity index (χ4n) is 5.03. The quantitative estimate of drug-likeness (QED) is 0.290. The van der Waals surface area contributed by atoms with Gasteiger partial charge in [-0.15, -0.1) is 0 Å². The van der Waals surface area contributed by atoms with Gasteiger partial charge >= 0.3 is 6.18 Å². The summed E-state index contributed by atoms with van der Waals surface area (Å²) in [6.07, 6.45) is -2.43. The molecule has 1 atom stereocenters. The van der Waals surface area contributed by atoms with Crippen LogP contribution in [0.2, 0.25) is 0 Å². The standard InChI is InChI=1S/C29H24F4N6/c30-19-10-11-25-21(14-19)26(15-34-38-25)36-28-22-17-39(16-18-6-2-1-3-7-18)13-12-24(22)35-27(37-28)20-8-4-5-9-23(20)29(31,32)33/h1-11,14-15,26,38H,12-13,16-17H2,(H,35,36,37).